The maximum atomic E-state index is 5.02. The highest BCUT2D eigenvalue weighted by Gasteiger charge is 2.28. The first kappa shape index (κ1) is 20.6. The number of rotatable bonds is 5. The molecule has 0 saturated carbocycles. The van der Waals surface area contributed by atoms with E-state index in [2.05, 4.69) is 114 Å². The van der Waals surface area contributed by atoms with Crippen LogP contribution in [0.5, 0.6) is 0 Å². The molecule has 0 N–H and O–H groups in total. The van der Waals surface area contributed by atoms with E-state index in [1.165, 1.54) is 15.8 Å². The molecular weight excluding hydrogens is 434 g/mol. The molecule has 2 heterocycles. The van der Waals surface area contributed by atoms with Gasteiger partial charge in [0.2, 0.25) is 0 Å². The summed E-state index contributed by atoms with van der Waals surface area (Å²) in [6.45, 7) is 0. The Hall–Kier alpha value is -4.02. The Morgan fingerprint density at radius 3 is 2.21 bits per heavy atom. The fourth-order valence-electron chi connectivity index (χ4n) is 4.32. The lowest BCUT2D eigenvalue weighted by atomic mass is 10.0. The summed E-state index contributed by atoms with van der Waals surface area (Å²) in [6, 6.07) is 38.1. The number of aromatic nitrogens is 1. The van der Waals surface area contributed by atoms with Crippen molar-refractivity contribution in [3.8, 4) is 10.6 Å². The van der Waals surface area contributed by atoms with Crippen molar-refractivity contribution < 1.29 is 0 Å². The summed E-state index contributed by atoms with van der Waals surface area (Å²) in [5.41, 5.74) is 6.79. The number of hydrazone groups is 1. The van der Waals surface area contributed by atoms with Crippen molar-refractivity contribution >= 4 is 39.0 Å². The zero-order valence-corrected chi connectivity index (χ0v) is 19.4. The Morgan fingerprint density at radius 1 is 0.735 bits per heavy atom. The topological polar surface area (TPSA) is 28.5 Å². The fourth-order valence-corrected chi connectivity index (χ4v) is 5.29. The van der Waals surface area contributed by atoms with Gasteiger partial charge in [0.25, 0.3) is 0 Å². The van der Waals surface area contributed by atoms with Crippen LogP contribution in [0.2, 0.25) is 0 Å². The molecule has 3 nitrogen and oxygen atoms in total. The number of allylic oxidation sites excluding steroid dienone is 1. The quantitative estimate of drug-likeness (QED) is 0.268. The Kier molecular flexibility index (Phi) is 5.50. The molecule has 0 amide bonds. The van der Waals surface area contributed by atoms with Crippen molar-refractivity contribution in [2.75, 3.05) is 5.01 Å². The third-order valence-corrected chi connectivity index (χ3v) is 7.14. The van der Waals surface area contributed by atoms with Crippen LogP contribution >= 0.6 is 11.3 Å². The Bertz CT molecular complexity index is 1440. The summed E-state index contributed by atoms with van der Waals surface area (Å²) < 4.78 is 1.21. The van der Waals surface area contributed by atoms with Crippen molar-refractivity contribution in [3.05, 3.63) is 126 Å². The third kappa shape index (κ3) is 4.16. The number of nitrogens with zero attached hydrogens (tertiary/aromatic N) is 3. The van der Waals surface area contributed by atoms with Gasteiger partial charge in [-0.3, -0.25) is 5.01 Å². The summed E-state index contributed by atoms with van der Waals surface area (Å²) in [5, 5.41) is 8.22. The number of benzene rings is 4. The molecule has 0 aliphatic carbocycles. The Balaban J connectivity index is 1.31. The summed E-state index contributed by atoms with van der Waals surface area (Å²) >= 11 is 1.73. The second-order valence-corrected chi connectivity index (χ2v) is 9.37. The van der Waals surface area contributed by atoms with Gasteiger partial charge in [-0.1, -0.05) is 78.9 Å². The molecule has 164 valence electrons. The van der Waals surface area contributed by atoms with E-state index in [0.29, 0.717) is 0 Å². The van der Waals surface area contributed by atoms with Gasteiger partial charge in [-0.2, -0.15) is 5.10 Å². The van der Waals surface area contributed by atoms with Crippen molar-refractivity contribution in [1.29, 1.82) is 0 Å². The van der Waals surface area contributed by atoms with Crippen LogP contribution in [0, 0.1) is 0 Å². The van der Waals surface area contributed by atoms with Gasteiger partial charge in [-0.25, -0.2) is 4.98 Å². The molecule has 1 aromatic heterocycles. The average molecular weight is 458 g/mol. The van der Waals surface area contributed by atoms with Gasteiger partial charge in [0.05, 0.1) is 27.7 Å². The minimum Gasteiger partial charge on any atom is -0.257 e. The van der Waals surface area contributed by atoms with E-state index in [0.717, 1.165) is 33.9 Å². The molecule has 0 bridgehead atoms. The van der Waals surface area contributed by atoms with Crippen LogP contribution in [-0.2, 0) is 0 Å². The summed E-state index contributed by atoms with van der Waals surface area (Å²) in [6.07, 6.45) is 5.15. The van der Waals surface area contributed by atoms with E-state index < -0.39 is 0 Å². The first-order valence-corrected chi connectivity index (χ1v) is 12.3. The van der Waals surface area contributed by atoms with Gasteiger partial charge in [-0.05, 0) is 53.6 Å². The molecule has 4 aromatic carbocycles. The minimum atomic E-state index is 0.171. The molecule has 0 fully saturated rings. The predicted molar refractivity (Wildman–Crippen MR) is 144 cm³/mol. The normalized spacial score (nSPS) is 15.8. The highest BCUT2D eigenvalue weighted by Crippen LogP contribution is 2.37. The zero-order valence-electron chi connectivity index (χ0n) is 18.6. The second kappa shape index (κ2) is 9.08. The third-order valence-electron chi connectivity index (χ3n) is 6.06. The van der Waals surface area contributed by atoms with Crippen molar-refractivity contribution in [1.82, 2.24) is 4.98 Å². The van der Waals surface area contributed by atoms with Crippen LogP contribution in [0.1, 0.15) is 23.6 Å². The van der Waals surface area contributed by atoms with Gasteiger partial charge in [-0.15, -0.1) is 11.3 Å². The van der Waals surface area contributed by atoms with E-state index in [-0.39, 0.29) is 6.04 Å². The van der Waals surface area contributed by atoms with Crippen molar-refractivity contribution in [2.24, 2.45) is 5.10 Å². The first-order valence-electron chi connectivity index (χ1n) is 11.4. The molecule has 6 rings (SSSR count). The van der Waals surface area contributed by atoms with Crippen LogP contribution in [0.15, 0.2) is 120 Å². The van der Waals surface area contributed by atoms with E-state index in [1.54, 1.807) is 11.3 Å². The molecule has 0 spiro atoms. The van der Waals surface area contributed by atoms with Crippen LogP contribution in [0.25, 0.3) is 26.9 Å². The Morgan fingerprint density at radius 2 is 1.44 bits per heavy atom. The second-order valence-electron chi connectivity index (χ2n) is 8.34. The smallest absolute Gasteiger partial charge is 0.124 e. The lowest BCUT2D eigenvalue weighted by Gasteiger charge is -2.24. The number of para-hydroxylation sites is 1. The minimum absolute atomic E-state index is 0.171. The molecule has 4 heteroatoms. The highest BCUT2D eigenvalue weighted by molar-refractivity contribution is 7.21. The zero-order chi connectivity index (χ0) is 22.7. The molecule has 1 aliphatic rings. The van der Waals surface area contributed by atoms with Crippen LogP contribution in [0.3, 0.4) is 0 Å². The van der Waals surface area contributed by atoms with E-state index in [1.807, 2.05) is 12.1 Å². The Labute approximate surface area is 203 Å². The summed E-state index contributed by atoms with van der Waals surface area (Å²) in [7, 11) is 0. The number of fused-ring (bicyclic) bond motifs is 1. The molecule has 34 heavy (non-hydrogen) atoms. The van der Waals surface area contributed by atoms with Gasteiger partial charge in [0.15, 0.2) is 0 Å². The molecule has 1 aliphatic heterocycles. The largest absolute Gasteiger partial charge is 0.257 e. The van der Waals surface area contributed by atoms with Crippen LogP contribution in [0.4, 0.5) is 5.69 Å². The van der Waals surface area contributed by atoms with Gasteiger partial charge in [0, 0.05) is 12.0 Å². The van der Waals surface area contributed by atoms with Gasteiger partial charge in [0.1, 0.15) is 5.01 Å². The summed E-state index contributed by atoms with van der Waals surface area (Å²) in [5.74, 6) is 0. The van der Waals surface area contributed by atoms with E-state index in [9.17, 15) is 0 Å². The van der Waals surface area contributed by atoms with Crippen LogP contribution < -0.4 is 5.01 Å². The number of thiazole rings is 1. The average Bonchev–Trinajstić information content (AvgIpc) is 3.53. The molecular formula is C30H23N3S. The lowest BCUT2D eigenvalue weighted by molar-refractivity contribution is 0.709. The molecule has 1 unspecified atom stereocenters. The van der Waals surface area contributed by atoms with E-state index in [4.69, 9.17) is 10.1 Å². The van der Waals surface area contributed by atoms with E-state index >= 15 is 0 Å². The highest BCUT2D eigenvalue weighted by atomic mass is 32.1. The molecule has 1 atom stereocenters. The maximum Gasteiger partial charge on any atom is 0.124 e. The number of hydrogen-bond donors (Lipinski definition) is 0. The lowest BCUT2D eigenvalue weighted by Crippen LogP contribution is -2.18. The molecule has 0 saturated heterocycles. The molecule has 5 aromatic rings. The molecule has 0 radical (unpaired) electrons. The van der Waals surface area contributed by atoms with Gasteiger partial charge < -0.3 is 0 Å². The van der Waals surface area contributed by atoms with Crippen molar-refractivity contribution in [2.45, 2.75) is 12.5 Å². The maximum absolute atomic E-state index is 5.02. The summed E-state index contributed by atoms with van der Waals surface area (Å²) in [4.78, 5) is 4.81. The fraction of sp³-hybridized carbons (Fsp3) is 0.0667. The number of anilines is 1. The predicted octanol–water partition coefficient (Wildman–Crippen LogP) is 7.98. The van der Waals surface area contributed by atoms with Crippen molar-refractivity contribution in [3.63, 3.8) is 0 Å². The standard InChI is InChI=1S/C30H23N3S/c1-3-9-22(10-4-1)15-18-25-21-28(23-11-5-2-6-12-23)33(32-25)26-19-16-24(17-20-26)30-31-27-13-7-8-14-29(27)34-30/h1-20,28H,21H2. The SMILES string of the molecule is C(=Cc1ccccc1)C1=NN(c2ccc(-c3nc4ccccc4s3)cc2)C(c2ccccc2)C1. The van der Waals surface area contributed by atoms with Gasteiger partial charge >= 0.3 is 0 Å². The first-order chi connectivity index (χ1) is 16.8. The van der Waals surface area contributed by atoms with Crippen LogP contribution in [-0.4, -0.2) is 10.7 Å². The monoisotopic (exact) mass is 457 g/mol. The number of hydrogen-bond acceptors (Lipinski definition) is 4.